The summed E-state index contributed by atoms with van der Waals surface area (Å²) >= 11 is 6.89. The number of ketones is 1. The zero-order valence-electron chi connectivity index (χ0n) is 17.6. The van der Waals surface area contributed by atoms with Gasteiger partial charge in [-0.1, -0.05) is 69.3 Å². The number of allylic oxidation sites excluding steroid dienone is 3. The molecule has 1 aliphatic heterocycles. The Labute approximate surface area is 171 Å². The molecule has 0 saturated carbocycles. The first-order valence-corrected chi connectivity index (χ1v) is 10.7. The van der Waals surface area contributed by atoms with Crippen molar-refractivity contribution in [2.45, 2.75) is 64.7 Å². The molecule has 0 unspecified atom stereocenters. The van der Waals surface area contributed by atoms with Crippen molar-refractivity contribution in [1.29, 1.82) is 0 Å². The summed E-state index contributed by atoms with van der Waals surface area (Å²) in [6, 6.07) is 8.59. The van der Waals surface area contributed by atoms with Crippen molar-refractivity contribution in [3.8, 4) is 0 Å². The summed E-state index contributed by atoms with van der Waals surface area (Å²) in [7, 11) is 0. The largest absolute Gasteiger partial charge is 0.303 e. The van der Waals surface area contributed by atoms with Crippen LogP contribution in [0, 0.1) is 6.92 Å². The maximum atomic E-state index is 12.0. The van der Waals surface area contributed by atoms with Crippen LogP contribution in [0.1, 0.15) is 64.0 Å². The van der Waals surface area contributed by atoms with E-state index in [-0.39, 0.29) is 10.7 Å². The molecule has 1 fully saturated rings. The Hall–Kier alpha value is -1.38. The number of alkyl halides is 1. The first-order chi connectivity index (χ1) is 12.9. The van der Waals surface area contributed by atoms with Gasteiger partial charge in [-0.2, -0.15) is 0 Å². The summed E-state index contributed by atoms with van der Waals surface area (Å²) in [6.45, 7) is 14.9. The van der Waals surface area contributed by atoms with E-state index in [1.165, 1.54) is 11.1 Å². The Balaban J connectivity index is 0.00000176. The van der Waals surface area contributed by atoms with Gasteiger partial charge >= 0.3 is 0 Å². The number of piperidine rings is 1. The fraction of sp³-hybridized carbons (Fsp3) is 0.542. The lowest BCUT2D eigenvalue weighted by Crippen LogP contribution is -2.40. The van der Waals surface area contributed by atoms with Crippen LogP contribution < -0.4 is 0 Å². The van der Waals surface area contributed by atoms with Crippen LogP contribution >= 0.6 is 11.6 Å². The number of carbonyl (C=O) groups excluding carboxylic acids is 1. The van der Waals surface area contributed by atoms with Crippen LogP contribution in [0.2, 0.25) is 0 Å². The van der Waals surface area contributed by atoms with E-state index >= 15 is 0 Å². The standard InChI is InChI=1S/C22H30ClNO.C2H6/c1-4-5-7-19(3)21(25)8-6-15-24-16-13-22(23,14-17-24)20-11-9-18(2)10-12-20;1-2/h5,7,9-12H,3-4,6,8,13-17H2,1-2H3;1-2H3/b7-5-;. The summed E-state index contributed by atoms with van der Waals surface area (Å²) in [5, 5.41) is 0. The second-order valence-electron chi connectivity index (χ2n) is 7.04. The lowest BCUT2D eigenvalue weighted by molar-refractivity contribution is -0.115. The van der Waals surface area contributed by atoms with Gasteiger partial charge in [0.2, 0.25) is 0 Å². The number of halogens is 1. The molecule has 2 nitrogen and oxygen atoms in total. The average molecular weight is 390 g/mol. The van der Waals surface area contributed by atoms with Crippen LogP contribution in [-0.4, -0.2) is 30.3 Å². The van der Waals surface area contributed by atoms with Gasteiger partial charge in [-0.25, -0.2) is 0 Å². The average Bonchev–Trinajstić information content (AvgIpc) is 2.69. The number of rotatable bonds is 8. The molecular formula is C24H36ClNO. The molecule has 2 rings (SSSR count). The number of hydrogen-bond acceptors (Lipinski definition) is 2. The molecule has 1 aromatic carbocycles. The molecule has 0 radical (unpaired) electrons. The minimum Gasteiger partial charge on any atom is -0.303 e. The summed E-state index contributed by atoms with van der Waals surface area (Å²) < 4.78 is 0. The minimum absolute atomic E-state index is 0.160. The second-order valence-corrected chi connectivity index (χ2v) is 7.76. The third kappa shape index (κ3) is 7.63. The van der Waals surface area contributed by atoms with Gasteiger partial charge in [0, 0.05) is 25.1 Å². The Kier molecular flexibility index (Phi) is 10.6. The van der Waals surface area contributed by atoms with Crippen LogP contribution in [0.3, 0.4) is 0 Å². The number of aryl methyl sites for hydroxylation is 1. The number of nitrogens with zero attached hydrogens (tertiary/aromatic N) is 1. The van der Waals surface area contributed by atoms with E-state index in [9.17, 15) is 4.79 Å². The molecule has 0 bridgehead atoms. The van der Waals surface area contributed by atoms with Gasteiger partial charge in [-0.3, -0.25) is 4.79 Å². The highest BCUT2D eigenvalue weighted by Gasteiger charge is 2.33. The molecule has 0 amide bonds. The molecule has 0 atom stereocenters. The third-order valence-corrected chi connectivity index (χ3v) is 5.60. The van der Waals surface area contributed by atoms with E-state index < -0.39 is 0 Å². The minimum atomic E-state index is -0.237. The molecule has 0 spiro atoms. The molecule has 3 heteroatoms. The SMILES string of the molecule is C=C(/C=C\CC)C(=O)CCCN1CCC(Cl)(c2ccc(C)cc2)CC1.CC. The summed E-state index contributed by atoms with van der Waals surface area (Å²) in [4.78, 5) is 14.2. The highest BCUT2D eigenvalue weighted by atomic mass is 35.5. The van der Waals surface area contributed by atoms with Crippen molar-refractivity contribution in [3.05, 3.63) is 59.7 Å². The van der Waals surface area contributed by atoms with Crippen LogP contribution in [0.5, 0.6) is 0 Å². The number of likely N-dealkylation sites (tertiary alicyclic amines) is 1. The first-order valence-electron chi connectivity index (χ1n) is 10.3. The highest BCUT2D eigenvalue weighted by molar-refractivity contribution is 6.24. The highest BCUT2D eigenvalue weighted by Crippen LogP contribution is 2.39. The monoisotopic (exact) mass is 389 g/mol. The lowest BCUT2D eigenvalue weighted by atomic mass is 9.88. The van der Waals surface area contributed by atoms with Gasteiger partial charge < -0.3 is 4.90 Å². The van der Waals surface area contributed by atoms with Gasteiger partial charge in [0.25, 0.3) is 0 Å². The molecule has 0 aromatic heterocycles. The molecule has 150 valence electrons. The van der Waals surface area contributed by atoms with Crippen LogP contribution in [0.4, 0.5) is 0 Å². The van der Waals surface area contributed by atoms with Gasteiger partial charge in [-0.05, 0) is 44.7 Å². The number of hydrogen-bond donors (Lipinski definition) is 0. The number of benzene rings is 1. The summed E-state index contributed by atoms with van der Waals surface area (Å²) in [6.07, 6.45) is 8.13. The normalized spacial score (nSPS) is 16.6. The zero-order valence-corrected chi connectivity index (χ0v) is 18.3. The molecular weight excluding hydrogens is 354 g/mol. The summed E-state index contributed by atoms with van der Waals surface area (Å²) in [5.74, 6) is 0.160. The predicted molar refractivity (Wildman–Crippen MR) is 119 cm³/mol. The van der Waals surface area contributed by atoms with E-state index in [1.807, 2.05) is 26.0 Å². The van der Waals surface area contributed by atoms with Crippen molar-refractivity contribution < 1.29 is 4.79 Å². The molecule has 1 heterocycles. The topological polar surface area (TPSA) is 20.3 Å². The molecule has 0 N–H and O–H groups in total. The van der Waals surface area contributed by atoms with Crippen molar-refractivity contribution in [2.24, 2.45) is 0 Å². The zero-order chi connectivity index (χ0) is 20.3. The fourth-order valence-corrected chi connectivity index (χ4v) is 3.54. The molecule has 27 heavy (non-hydrogen) atoms. The van der Waals surface area contributed by atoms with Crippen LogP contribution in [0.15, 0.2) is 48.6 Å². The second kappa shape index (κ2) is 12.2. The predicted octanol–water partition coefficient (Wildman–Crippen LogP) is 6.42. The number of Topliss-reactive ketones (excluding diaryl/α,β-unsaturated/α-hetero) is 1. The van der Waals surface area contributed by atoms with Crippen molar-refractivity contribution in [2.75, 3.05) is 19.6 Å². The molecule has 1 saturated heterocycles. The van der Waals surface area contributed by atoms with Crippen LogP contribution in [0.25, 0.3) is 0 Å². The van der Waals surface area contributed by atoms with Gasteiger partial charge in [0.15, 0.2) is 5.78 Å². The van der Waals surface area contributed by atoms with E-state index in [0.717, 1.165) is 45.3 Å². The van der Waals surface area contributed by atoms with E-state index in [0.29, 0.717) is 12.0 Å². The Morgan fingerprint density at radius 1 is 1.22 bits per heavy atom. The third-order valence-electron chi connectivity index (χ3n) is 5.01. The van der Waals surface area contributed by atoms with Gasteiger partial charge in [-0.15, -0.1) is 11.6 Å². The lowest BCUT2D eigenvalue weighted by Gasteiger charge is -2.38. The maximum absolute atomic E-state index is 12.0. The van der Waals surface area contributed by atoms with Gasteiger partial charge in [0.1, 0.15) is 0 Å². The van der Waals surface area contributed by atoms with E-state index in [2.05, 4.69) is 49.6 Å². The molecule has 1 aromatic rings. The van der Waals surface area contributed by atoms with Crippen molar-refractivity contribution in [3.63, 3.8) is 0 Å². The van der Waals surface area contributed by atoms with E-state index in [4.69, 9.17) is 11.6 Å². The Morgan fingerprint density at radius 3 is 2.37 bits per heavy atom. The maximum Gasteiger partial charge on any atom is 0.162 e. The Bertz CT molecular complexity index is 610. The first kappa shape index (κ1) is 23.7. The smallest absolute Gasteiger partial charge is 0.162 e. The quantitative estimate of drug-likeness (QED) is 0.290. The number of carbonyl (C=O) groups is 1. The summed E-state index contributed by atoms with van der Waals surface area (Å²) in [5.41, 5.74) is 3.12. The van der Waals surface area contributed by atoms with Gasteiger partial charge in [0.05, 0.1) is 4.87 Å². The molecule has 0 aliphatic carbocycles. The molecule has 1 aliphatic rings. The van der Waals surface area contributed by atoms with Crippen molar-refractivity contribution in [1.82, 2.24) is 4.90 Å². The van der Waals surface area contributed by atoms with Crippen LogP contribution in [-0.2, 0) is 9.67 Å². The Morgan fingerprint density at radius 2 is 1.81 bits per heavy atom. The van der Waals surface area contributed by atoms with Crippen molar-refractivity contribution >= 4 is 17.4 Å². The van der Waals surface area contributed by atoms with E-state index in [1.54, 1.807) is 0 Å². The fourth-order valence-electron chi connectivity index (χ4n) is 3.25.